The normalized spacial score (nSPS) is 22.8. The standard InChI is InChI=1S/C24H25FN6O/c1-13-3-4-15(11-28-13)32-23-29-19-9-16-17(7-14(25)8-18(16)27-2)21(19)22(30-23)31-6-5-24(12-31)10-20(24)26/h3-4,7-8,11,20,27H,5-6,9-10,12,26H2,1-2H3. The van der Waals surface area contributed by atoms with E-state index in [0.29, 0.717) is 12.2 Å². The first-order chi connectivity index (χ1) is 15.5. The van der Waals surface area contributed by atoms with E-state index >= 15 is 0 Å². The lowest BCUT2D eigenvalue weighted by atomic mass is 10.0. The molecule has 1 saturated carbocycles. The van der Waals surface area contributed by atoms with E-state index in [-0.39, 0.29) is 23.3 Å². The number of aromatic nitrogens is 3. The number of anilines is 2. The molecule has 8 heteroatoms. The van der Waals surface area contributed by atoms with Gasteiger partial charge in [0, 0.05) is 55.0 Å². The third-order valence-corrected chi connectivity index (χ3v) is 7.07. The van der Waals surface area contributed by atoms with E-state index in [9.17, 15) is 4.39 Å². The van der Waals surface area contributed by atoms with Crippen molar-refractivity contribution in [2.75, 3.05) is 30.4 Å². The van der Waals surface area contributed by atoms with E-state index in [1.807, 2.05) is 26.1 Å². The van der Waals surface area contributed by atoms with E-state index < -0.39 is 0 Å². The number of nitrogens with two attached hydrogens (primary N) is 1. The molecule has 1 spiro atoms. The first kappa shape index (κ1) is 19.4. The molecule has 3 heterocycles. The van der Waals surface area contributed by atoms with Crippen LogP contribution in [-0.2, 0) is 6.42 Å². The Morgan fingerprint density at radius 2 is 2.12 bits per heavy atom. The van der Waals surface area contributed by atoms with Gasteiger partial charge in [0.1, 0.15) is 17.4 Å². The number of halogens is 1. The third-order valence-electron chi connectivity index (χ3n) is 7.07. The van der Waals surface area contributed by atoms with Gasteiger partial charge in [0.2, 0.25) is 0 Å². The topological polar surface area (TPSA) is 89.2 Å². The molecule has 2 unspecified atom stereocenters. The average Bonchev–Trinajstić information content (AvgIpc) is 3.10. The molecule has 0 amide bonds. The van der Waals surface area contributed by atoms with Gasteiger partial charge in [-0.05, 0) is 55.2 Å². The van der Waals surface area contributed by atoms with Crippen LogP contribution in [0.1, 0.15) is 29.8 Å². The summed E-state index contributed by atoms with van der Waals surface area (Å²) in [5.41, 5.74) is 11.7. The number of rotatable bonds is 4. The summed E-state index contributed by atoms with van der Waals surface area (Å²) in [6, 6.07) is 7.40. The fourth-order valence-electron chi connectivity index (χ4n) is 5.14. The van der Waals surface area contributed by atoms with Crippen molar-refractivity contribution in [2.24, 2.45) is 11.1 Å². The Labute approximate surface area is 185 Å². The number of benzene rings is 1. The van der Waals surface area contributed by atoms with Crippen LogP contribution in [0.15, 0.2) is 30.5 Å². The molecule has 6 rings (SSSR count). The van der Waals surface area contributed by atoms with Crippen molar-refractivity contribution in [1.29, 1.82) is 0 Å². The highest BCUT2D eigenvalue weighted by atomic mass is 19.1. The Hall–Kier alpha value is -3.26. The molecule has 1 aliphatic heterocycles. The molecule has 2 aliphatic carbocycles. The Balaban J connectivity index is 1.46. The molecule has 1 saturated heterocycles. The van der Waals surface area contributed by atoms with Gasteiger partial charge in [-0.2, -0.15) is 9.97 Å². The lowest BCUT2D eigenvalue weighted by Crippen LogP contribution is -2.24. The zero-order valence-corrected chi connectivity index (χ0v) is 18.2. The summed E-state index contributed by atoms with van der Waals surface area (Å²) in [6.07, 6.45) is 4.35. The molecular formula is C24H25FN6O. The van der Waals surface area contributed by atoms with Gasteiger partial charge in [0.15, 0.2) is 0 Å². The average molecular weight is 433 g/mol. The van der Waals surface area contributed by atoms with Gasteiger partial charge >= 0.3 is 6.01 Å². The number of nitrogens with one attached hydrogen (secondary N) is 1. The monoisotopic (exact) mass is 432 g/mol. The lowest BCUT2D eigenvalue weighted by molar-refractivity contribution is 0.438. The minimum atomic E-state index is -0.278. The van der Waals surface area contributed by atoms with Crippen LogP contribution in [0.2, 0.25) is 0 Å². The van der Waals surface area contributed by atoms with E-state index in [1.54, 1.807) is 12.3 Å². The van der Waals surface area contributed by atoms with E-state index in [1.165, 1.54) is 6.07 Å². The molecular weight excluding hydrogens is 407 g/mol. The van der Waals surface area contributed by atoms with E-state index in [2.05, 4.69) is 15.2 Å². The predicted octanol–water partition coefficient (Wildman–Crippen LogP) is 3.65. The highest BCUT2D eigenvalue weighted by Crippen LogP contribution is 2.54. The summed E-state index contributed by atoms with van der Waals surface area (Å²) in [5.74, 6) is 1.11. The van der Waals surface area contributed by atoms with Crippen molar-refractivity contribution < 1.29 is 9.13 Å². The largest absolute Gasteiger partial charge is 0.423 e. The molecule has 0 radical (unpaired) electrons. The fraction of sp³-hybridized carbons (Fsp3) is 0.375. The van der Waals surface area contributed by atoms with Crippen LogP contribution in [0.3, 0.4) is 0 Å². The fourth-order valence-corrected chi connectivity index (χ4v) is 5.14. The Morgan fingerprint density at radius 1 is 1.28 bits per heavy atom. The van der Waals surface area contributed by atoms with Gasteiger partial charge < -0.3 is 20.7 Å². The van der Waals surface area contributed by atoms with Gasteiger partial charge in [0.05, 0.1) is 11.9 Å². The van der Waals surface area contributed by atoms with Crippen LogP contribution >= 0.6 is 0 Å². The smallest absolute Gasteiger partial charge is 0.324 e. The van der Waals surface area contributed by atoms with Crippen LogP contribution in [0.5, 0.6) is 11.8 Å². The molecule has 3 aliphatic rings. The van der Waals surface area contributed by atoms with Gasteiger partial charge in [-0.1, -0.05) is 0 Å². The zero-order valence-electron chi connectivity index (χ0n) is 18.2. The van der Waals surface area contributed by atoms with E-state index in [4.69, 9.17) is 20.4 Å². The van der Waals surface area contributed by atoms with Crippen molar-refractivity contribution in [3.05, 3.63) is 53.2 Å². The summed E-state index contributed by atoms with van der Waals surface area (Å²) < 4.78 is 20.5. The predicted molar refractivity (Wildman–Crippen MR) is 121 cm³/mol. The van der Waals surface area contributed by atoms with Crippen LogP contribution in [-0.4, -0.2) is 41.1 Å². The minimum Gasteiger partial charge on any atom is -0.423 e. The first-order valence-corrected chi connectivity index (χ1v) is 11.0. The molecule has 1 aromatic carbocycles. The van der Waals surface area contributed by atoms with Crippen molar-refractivity contribution in [3.63, 3.8) is 0 Å². The Morgan fingerprint density at radius 3 is 2.81 bits per heavy atom. The number of fused-ring (bicyclic) bond motifs is 3. The second kappa shape index (κ2) is 6.87. The number of aryl methyl sites for hydroxylation is 1. The zero-order chi connectivity index (χ0) is 22.0. The summed E-state index contributed by atoms with van der Waals surface area (Å²) in [5, 5.41) is 3.12. The third kappa shape index (κ3) is 3.01. The van der Waals surface area contributed by atoms with Crippen molar-refractivity contribution in [2.45, 2.75) is 32.2 Å². The number of ether oxygens (including phenoxy) is 1. The molecule has 2 aromatic heterocycles. The second-order valence-corrected chi connectivity index (χ2v) is 9.14. The van der Waals surface area contributed by atoms with Gasteiger partial charge in [0.25, 0.3) is 0 Å². The maximum atomic E-state index is 14.5. The number of hydrogen-bond donors (Lipinski definition) is 2. The first-order valence-electron chi connectivity index (χ1n) is 11.0. The number of nitrogens with zero attached hydrogens (tertiary/aromatic N) is 4. The lowest BCUT2D eigenvalue weighted by Gasteiger charge is -2.22. The summed E-state index contributed by atoms with van der Waals surface area (Å²) in [4.78, 5) is 16.1. The van der Waals surface area contributed by atoms with Gasteiger partial charge in [-0.25, -0.2) is 4.39 Å². The highest BCUT2D eigenvalue weighted by molar-refractivity contribution is 5.88. The second-order valence-electron chi connectivity index (χ2n) is 9.14. The molecule has 7 nitrogen and oxygen atoms in total. The summed E-state index contributed by atoms with van der Waals surface area (Å²) in [6.45, 7) is 3.65. The van der Waals surface area contributed by atoms with Gasteiger partial charge in [-0.15, -0.1) is 0 Å². The molecule has 3 aromatic rings. The quantitative estimate of drug-likeness (QED) is 0.509. The van der Waals surface area contributed by atoms with Crippen molar-refractivity contribution in [3.8, 4) is 22.9 Å². The summed E-state index contributed by atoms with van der Waals surface area (Å²) in [7, 11) is 1.81. The van der Waals surface area contributed by atoms with Gasteiger partial charge in [-0.3, -0.25) is 4.98 Å². The highest BCUT2D eigenvalue weighted by Gasteiger charge is 2.56. The van der Waals surface area contributed by atoms with Crippen LogP contribution in [0, 0.1) is 18.2 Å². The molecule has 164 valence electrons. The molecule has 2 fully saturated rings. The summed E-state index contributed by atoms with van der Waals surface area (Å²) >= 11 is 0. The minimum absolute atomic E-state index is 0.180. The Bertz CT molecular complexity index is 1230. The maximum absolute atomic E-state index is 14.5. The van der Waals surface area contributed by atoms with Crippen molar-refractivity contribution in [1.82, 2.24) is 15.0 Å². The number of pyridine rings is 1. The molecule has 2 atom stereocenters. The Kier molecular flexibility index (Phi) is 4.17. The van der Waals surface area contributed by atoms with Crippen molar-refractivity contribution >= 4 is 11.5 Å². The number of hydrogen-bond acceptors (Lipinski definition) is 7. The van der Waals surface area contributed by atoms with Crippen LogP contribution in [0.25, 0.3) is 11.1 Å². The maximum Gasteiger partial charge on any atom is 0.324 e. The SMILES string of the molecule is CNc1cc(F)cc2c1Cc1nc(Oc3ccc(C)nc3)nc(N3CCC4(CC4N)C3)c1-2. The van der Waals surface area contributed by atoms with E-state index in [0.717, 1.165) is 65.5 Å². The van der Waals surface area contributed by atoms with Crippen LogP contribution in [0.4, 0.5) is 15.9 Å². The molecule has 3 N–H and O–H groups in total. The van der Waals surface area contributed by atoms with Crippen LogP contribution < -0.4 is 20.7 Å². The molecule has 0 bridgehead atoms. The molecule has 32 heavy (non-hydrogen) atoms.